The van der Waals surface area contributed by atoms with E-state index in [9.17, 15) is 0 Å². The number of unbranched alkanes of at least 4 members (excludes halogenated alkanes) is 3. The van der Waals surface area contributed by atoms with E-state index in [2.05, 4.69) is 23.8 Å². The Hall–Kier alpha value is 1.06. The molecule has 0 aromatic rings. The average molecular weight is 372 g/mol. The fourth-order valence-electron chi connectivity index (χ4n) is 0.500. The van der Waals surface area contributed by atoms with Gasteiger partial charge in [0.2, 0.25) is 0 Å². The van der Waals surface area contributed by atoms with E-state index in [0.717, 1.165) is 0 Å². The fraction of sp³-hybridized carbons (Fsp3) is 0.857. The molecule has 0 aromatic carbocycles. The van der Waals surface area contributed by atoms with Crippen molar-refractivity contribution < 1.29 is 75.5 Å². The second-order valence-corrected chi connectivity index (χ2v) is 3.00. The normalized spacial score (nSPS) is 6.00. The first-order valence-corrected chi connectivity index (χ1v) is 7.41. The molecule has 0 aliphatic heterocycles. The summed E-state index contributed by atoms with van der Waals surface area (Å²) in [6.45, 7) is 12.5. The smallest absolute Gasteiger partial charge is 0.185 e. The molecule has 0 atom stereocenters. The quantitative estimate of drug-likeness (QED) is 0.344. The summed E-state index contributed by atoms with van der Waals surface area (Å²) in [5.41, 5.74) is 19.3. The van der Waals surface area contributed by atoms with Crippen LogP contribution in [0.15, 0.2) is 9.98 Å². The Balaban J connectivity index is -0.0000000265. The van der Waals surface area contributed by atoms with E-state index < -0.39 is 0 Å². The Kier molecular flexibility index (Phi) is 113. The molecule has 8 heteroatoms. The maximum absolute atomic E-state index is 4.82. The first-order valence-electron chi connectivity index (χ1n) is 7.41. The molecule has 22 heavy (non-hydrogen) atoms. The maximum Gasteiger partial charge on any atom is 0.185 e. The van der Waals surface area contributed by atoms with Gasteiger partial charge >= 0.3 is 0 Å². The standard InChI is InChI=1S/C6H14.2C2H7N3.2C2H6.2Ar/c1-3-5-6-4-2;2*1-5-2(3)4;2*1-2;;/h3-6H2,1-2H3;2*1H3,(H4,3,4,5);2*1-2H3;;. The molecule has 0 rings (SSSR count). The monoisotopic (exact) mass is 372 g/mol. The Morgan fingerprint density at radius 2 is 0.773 bits per heavy atom. The summed E-state index contributed by atoms with van der Waals surface area (Å²) in [4.78, 5) is 6.72. The zero-order valence-corrected chi connectivity index (χ0v) is 17.2. The Bertz CT molecular complexity index is 160. The Morgan fingerprint density at radius 3 is 0.818 bits per heavy atom. The molecule has 0 aliphatic carbocycles. The van der Waals surface area contributed by atoms with E-state index in [-0.39, 0.29) is 87.4 Å². The van der Waals surface area contributed by atoms with Gasteiger partial charge in [-0.05, 0) is 0 Å². The minimum Gasteiger partial charge on any atom is -0.370 e. The van der Waals surface area contributed by atoms with E-state index in [4.69, 9.17) is 22.9 Å². The molecule has 0 aromatic heterocycles. The van der Waals surface area contributed by atoms with Gasteiger partial charge in [0.15, 0.2) is 11.9 Å². The largest absolute Gasteiger partial charge is 0.370 e. The summed E-state index contributed by atoms with van der Waals surface area (Å²) in [6.07, 6.45) is 5.54. The molecular weight excluding hydrogens is 332 g/mol. The zero-order valence-electron chi connectivity index (χ0n) is 15.7. The number of nitrogens with zero attached hydrogens (tertiary/aromatic N) is 2. The van der Waals surface area contributed by atoms with Crippen LogP contribution in [0.1, 0.15) is 67.2 Å². The number of hydrogen-bond acceptors (Lipinski definition) is 2. The van der Waals surface area contributed by atoms with Crippen LogP contribution in [0.3, 0.4) is 0 Å². The first-order chi connectivity index (χ1) is 9.45. The molecule has 8 N–H and O–H groups in total. The van der Waals surface area contributed by atoms with E-state index in [1.54, 1.807) is 0 Å². The van der Waals surface area contributed by atoms with Crippen LogP contribution in [0.4, 0.5) is 0 Å². The van der Waals surface area contributed by atoms with Gasteiger partial charge in [-0.3, -0.25) is 9.98 Å². The third-order valence-electron chi connectivity index (χ3n) is 1.47. The molecule has 0 radical (unpaired) electrons. The molecule has 0 bridgehead atoms. The molecular formula is C14H40Ar2N6. The molecule has 6 nitrogen and oxygen atoms in total. The number of nitrogens with two attached hydrogens (primary N) is 4. The van der Waals surface area contributed by atoms with Crippen molar-refractivity contribution in [3.05, 3.63) is 0 Å². The van der Waals surface area contributed by atoms with Crippen molar-refractivity contribution in [1.29, 1.82) is 0 Å². The first kappa shape index (κ1) is 43.5. The van der Waals surface area contributed by atoms with Gasteiger partial charge in [0.1, 0.15) is 0 Å². The number of aliphatic imine (C=N–C) groups is 2. The predicted octanol–water partition coefficient (Wildman–Crippen LogP) is 2.42. The molecule has 142 valence electrons. The summed E-state index contributed by atoms with van der Waals surface area (Å²) in [6, 6.07) is 0. The molecule has 0 amide bonds. The second-order valence-electron chi connectivity index (χ2n) is 3.00. The topological polar surface area (TPSA) is 129 Å². The van der Waals surface area contributed by atoms with Gasteiger partial charge in [0.05, 0.1) is 0 Å². The van der Waals surface area contributed by atoms with Crippen molar-refractivity contribution in [3.63, 3.8) is 0 Å². The maximum atomic E-state index is 4.82. The van der Waals surface area contributed by atoms with Gasteiger partial charge in [0, 0.05) is 89.6 Å². The predicted molar refractivity (Wildman–Crippen MR) is 96.0 cm³/mol. The van der Waals surface area contributed by atoms with Crippen molar-refractivity contribution in [2.75, 3.05) is 14.1 Å². The van der Waals surface area contributed by atoms with Crippen LogP contribution in [0.25, 0.3) is 0 Å². The molecule has 0 saturated carbocycles. The minimum absolute atomic E-state index is 0. The van der Waals surface area contributed by atoms with Crippen LogP contribution in [0.2, 0.25) is 0 Å². The summed E-state index contributed by atoms with van der Waals surface area (Å²) in [5.74, 6) is 0.259. The van der Waals surface area contributed by atoms with Gasteiger partial charge in [0.25, 0.3) is 0 Å². The van der Waals surface area contributed by atoms with Crippen LogP contribution in [0, 0.1) is 75.5 Å². The Morgan fingerprint density at radius 1 is 0.636 bits per heavy atom. The van der Waals surface area contributed by atoms with Crippen LogP contribution in [-0.4, -0.2) is 26.0 Å². The molecule has 0 spiro atoms. The van der Waals surface area contributed by atoms with Gasteiger partial charge in [-0.2, -0.15) is 0 Å². The third-order valence-corrected chi connectivity index (χ3v) is 1.47. The SMILES string of the molecule is CC.CC.CCCCCC.CN=C(N)N.CN=C(N)N.[Ar].[Ar]. The van der Waals surface area contributed by atoms with Crippen LogP contribution < -0.4 is 22.9 Å². The molecule has 0 saturated heterocycles. The molecule has 0 heterocycles. The van der Waals surface area contributed by atoms with Crippen LogP contribution in [-0.2, 0) is 0 Å². The van der Waals surface area contributed by atoms with Crippen molar-refractivity contribution in [2.45, 2.75) is 67.2 Å². The van der Waals surface area contributed by atoms with Crippen molar-refractivity contribution in [1.82, 2.24) is 0 Å². The summed E-state index contributed by atoms with van der Waals surface area (Å²) in [7, 11) is 3.07. The number of rotatable bonds is 3. The summed E-state index contributed by atoms with van der Waals surface area (Å²) >= 11 is 0. The summed E-state index contributed by atoms with van der Waals surface area (Å²) < 4.78 is 0. The Labute approximate surface area is 199 Å². The van der Waals surface area contributed by atoms with Gasteiger partial charge in [-0.1, -0.05) is 67.2 Å². The molecule has 0 fully saturated rings. The molecule has 0 aliphatic rings. The number of hydrogen-bond donors (Lipinski definition) is 4. The van der Waals surface area contributed by atoms with Crippen LogP contribution in [0.5, 0.6) is 0 Å². The average Bonchev–Trinajstić information content (AvgIpc) is 2.50. The van der Waals surface area contributed by atoms with E-state index in [0.29, 0.717) is 0 Å². The zero-order chi connectivity index (χ0) is 17.4. The number of guanidine groups is 2. The van der Waals surface area contributed by atoms with E-state index in [1.807, 2.05) is 27.7 Å². The van der Waals surface area contributed by atoms with Gasteiger partial charge in [-0.25, -0.2) is 0 Å². The second kappa shape index (κ2) is 57.4. The van der Waals surface area contributed by atoms with Crippen molar-refractivity contribution in [3.8, 4) is 0 Å². The van der Waals surface area contributed by atoms with E-state index >= 15 is 0 Å². The van der Waals surface area contributed by atoms with E-state index in [1.165, 1.54) is 39.8 Å². The van der Waals surface area contributed by atoms with Gasteiger partial charge in [-0.15, -0.1) is 0 Å². The van der Waals surface area contributed by atoms with Crippen molar-refractivity contribution in [2.24, 2.45) is 32.9 Å². The third kappa shape index (κ3) is 130. The minimum atomic E-state index is 0. The fourth-order valence-corrected chi connectivity index (χ4v) is 0.500. The van der Waals surface area contributed by atoms with Gasteiger partial charge < -0.3 is 22.9 Å². The van der Waals surface area contributed by atoms with Crippen molar-refractivity contribution >= 4 is 11.9 Å². The van der Waals surface area contributed by atoms with Crippen LogP contribution >= 0.6 is 0 Å². The molecule has 0 unspecified atom stereocenters. The summed E-state index contributed by atoms with van der Waals surface area (Å²) in [5, 5.41) is 0.